The summed E-state index contributed by atoms with van der Waals surface area (Å²) in [5, 5.41) is 3.34. The topological polar surface area (TPSA) is 39.7 Å². The van der Waals surface area contributed by atoms with Crippen LogP contribution in [0.15, 0.2) is 24.3 Å². The van der Waals surface area contributed by atoms with E-state index in [-0.39, 0.29) is 5.41 Å². The Hall–Kier alpha value is -1.26. The highest BCUT2D eigenvalue weighted by atomic mass is 16.5. The molecule has 3 rings (SSSR count). The summed E-state index contributed by atoms with van der Waals surface area (Å²) in [6.07, 6.45) is 2.25. The molecule has 1 aromatic rings. The lowest BCUT2D eigenvalue weighted by atomic mass is 9.80. The molecule has 1 N–H and O–H groups in total. The van der Waals surface area contributed by atoms with E-state index in [9.17, 15) is 0 Å². The molecule has 0 spiro atoms. The molecular weight excluding hydrogens is 278 g/mol. The molecule has 0 aliphatic carbocycles. The Bertz CT molecular complexity index is 422. The van der Waals surface area contributed by atoms with Crippen molar-refractivity contribution in [2.75, 3.05) is 39.5 Å². The minimum Gasteiger partial charge on any atom is -0.493 e. The number of rotatable bonds is 8. The molecular formula is C18H27NO3. The average molecular weight is 305 g/mol. The molecule has 2 aliphatic rings. The SMILES string of the molecule is CCC1(COc2ccc(OCC3(CC)COC3)cc2)CNC1. The summed E-state index contributed by atoms with van der Waals surface area (Å²) in [5.74, 6) is 1.83. The highest BCUT2D eigenvalue weighted by Gasteiger charge is 2.38. The van der Waals surface area contributed by atoms with Crippen LogP contribution in [0.25, 0.3) is 0 Å². The van der Waals surface area contributed by atoms with Gasteiger partial charge < -0.3 is 19.5 Å². The van der Waals surface area contributed by atoms with Crippen LogP contribution in [0, 0.1) is 10.8 Å². The molecule has 4 heteroatoms. The van der Waals surface area contributed by atoms with Crippen LogP contribution in [0.4, 0.5) is 0 Å². The molecule has 0 saturated carbocycles. The average Bonchev–Trinajstić information content (AvgIpc) is 2.47. The second-order valence-corrected chi connectivity index (χ2v) is 6.85. The largest absolute Gasteiger partial charge is 0.493 e. The van der Waals surface area contributed by atoms with Crippen molar-refractivity contribution in [2.24, 2.45) is 10.8 Å². The van der Waals surface area contributed by atoms with Gasteiger partial charge in [-0.3, -0.25) is 0 Å². The van der Waals surface area contributed by atoms with E-state index in [1.807, 2.05) is 24.3 Å². The molecule has 0 unspecified atom stereocenters. The molecule has 0 aromatic heterocycles. The molecule has 0 bridgehead atoms. The molecule has 0 atom stereocenters. The van der Waals surface area contributed by atoms with Gasteiger partial charge >= 0.3 is 0 Å². The van der Waals surface area contributed by atoms with Crippen molar-refractivity contribution < 1.29 is 14.2 Å². The van der Waals surface area contributed by atoms with Crippen LogP contribution >= 0.6 is 0 Å². The fourth-order valence-corrected chi connectivity index (χ4v) is 2.82. The molecule has 2 aliphatic heterocycles. The maximum Gasteiger partial charge on any atom is 0.119 e. The quantitative estimate of drug-likeness (QED) is 0.801. The summed E-state index contributed by atoms with van der Waals surface area (Å²) in [7, 11) is 0. The number of ether oxygens (including phenoxy) is 3. The standard InChI is InChI=1S/C18H27NO3/c1-3-17(9-19-10-17)13-21-15-5-7-16(8-6-15)22-14-18(4-2)11-20-12-18/h5-8,19H,3-4,9-14H2,1-2H3. The summed E-state index contributed by atoms with van der Waals surface area (Å²) in [6.45, 7) is 9.70. The lowest BCUT2D eigenvalue weighted by molar-refractivity contribution is -0.133. The van der Waals surface area contributed by atoms with Crippen molar-refractivity contribution in [3.63, 3.8) is 0 Å². The summed E-state index contributed by atoms with van der Waals surface area (Å²) in [4.78, 5) is 0. The first kappa shape index (κ1) is 15.6. The molecule has 0 amide bonds. The van der Waals surface area contributed by atoms with Crippen molar-refractivity contribution in [2.45, 2.75) is 26.7 Å². The van der Waals surface area contributed by atoms with E-state index < -0.39 is 0 Å². The van der Waals surface area contributed by atoms with Crippen LogP contribution in [-0.2, 0) is 4.74 Å². The van der Waals surface area contributed by atoms with Gasteiger partial charge in [-0.25, -0.2) is 0 Å². The smallest absolute Gasteiger partial charge is 0.119 e. The van der Waals surface area contributed by atoms with Gasteiger partial charge in [-0.15, -0.1) is 0 Å². The van der Waals surface area contributed by atoms with E-state index >= 15 is 0 Å². The van der Waals surface area contributed by atoms with Crippen LogP contribution in [0.1, 0.15) is 26.7 Å². The first-order chi connectivity index (χ1) is 10.7. The monoisotopic (exact) mass is 305 g/mol. The van der Waals surface area contributed by atoms with Gasteiger partial charge in [0.1, 0.15) is 11.5 Å². The Morgan fingerprint density at radius 2 is 1.41 bits per heavy atom. The number of nitrogens with one attached hydrogen (secondary N) is 1. The van der Waals surface area contributed by atoms with Crippen molar-refractivity contribution in [1.82, 2.24) is 5.32 Å². The zero-order valence-corrected chi connectivity index (χ0v) is 13.7. The van der Waals surface area contributed by atoms with E-state index in [2.05, 4.69) is 19.2 Å². The van der Waals surface area contributed by atoms with Crippen molar-refractivity contribution in [3.8, 4) is 11.5 Å². The maximum absolute atomic E-state index is 5.94. The Kier molecular flexibility index (Phi) is 4.59. The third-order valence-electron chi connectivity index (χ3n) is 5.23. The second kappa shape index (κ2) is 6.47. The lowest BCUT2D eigenvalue weighted by Gasteiger charge is -2.41. The Labute approximate surface area is 133 Å². The number of hydrogen-bond acceptors (Lipinski definition) is 4. The predicted octanol–water partition coefficient (Wildman–Crippen LogP) is 2.87. The normalized spacial score (nSPS) is 21.5. The van der Waals surface area contributed by atoms with Crippen molar-refractivity contribution in [3.05, 3.63) is 24.3 Å². The summed E-state index contributed by atoms with van der Waals surface area (Å²) in [6, 6.07) is 7.99. The maximum atomic E-state index is 5.94. The van der Waals surface area contributed by atoms with Crippen LogP contribution in [0.2, 0.25) is 0 Å². The molecule has 22 heavy (non-hydrogen) atoms. The van der Waals surface area contributed by atoms with Crippen LogP contribution in [0.5, 0.6) is 11.5 Å². The Morgan fingerprint density at radius 3 is 1.73 bits per heavy atom. The van der Waals surface area contributed by atoms with E-state index in [0.717, 1.165) is 63.9 Å². The van der Waals surface area contributed by atoms with Gasteiger partial charge in [0.15, 0.2) is 0 Å². The first-order valence-corrected chi connectivity index (χ1v) is 8.33. The summed E-state index contributed by atoms with van der Waals surface area (Å²) in [5.41, 5.74) is 0.548. The van der Waals surface area contributed by atoms with Gasteiger partial charge in [0, 0.05) is 18.5 Å². The Morgan fingerprint density at radius 1 is 0.909 bits per heavy atom. The van der Waals surface area contributed by atoms with Crippen LogP contribution in [-0.4, -0.2) is 39.5 Å². The van der Waals surface area contributed by atoms with E-state index in [4.69, 9.17) is 14.2 Å². The zero-order chi connectivity index (χ0) is 15.5. The molecule has 2 fully saturated rings. The van der Waals surface area contributed by atoms with Gasteiger partial charge in [-0.05, 0) is 37.1 Å². The minimum absolute atomic E-state index is 0.222. The van der Waals surface area contributed by atoms with Crippen molar-refractivity contribution in [1.29, 1.82) is 0 Å². The highest BCUT2D eigenvalue weighted by molar-refractivity contribution is 5.31. The molecule has 2 saturated heterocycles. The zero-order valence-electron chi connectivity index (χ0n) is 13.7. The van der Waals surface area contributed by atoms with Crippen molar-refractivity contribution >= 4 is 0 Å². The molecule has 1 aromatic carbocycles. The first-order valence-electron chi connectivity index (χ1n) is 8.33. The highest BCUT2D eigenvalue weighted by Crippen LogP contribution is 2.32. The van der Waals surface area contributed by atoms with E-state index in [0.29, 0.717) is 5.41 Å². The fourth-order valence-electron chi connectivity index (χ4n) is 2.82. The molecule has 0 radical (unpaired) electrons. The lowest BCUT2D eigenvalue weighted by Crippen LogP contribution is -2.56. The fraction of sp³-hybridized carbons (Fsp3) is 0.667. The van der Waals surface area contributed by atoms with Gasteiger partial charge in [0.25, 0.3) is 0 Å². The molecule has 122 valence electrons. The van der Waals surface area contributed by atoms with Crippen LogP contribution < -0.4 is 14.8 Å². The third-order valence-corrected chi connectivity index (χ3v) is 5.23. The second-order valence-electron chi connectivity index (χ2n) is 6.85. The number of hydrogen-bond donors (Lipinski definition) is 1. The molecule has 2 heterocycles. The summed E-state index contributed by atoms with van der Waals surface area (Å²) < 4.78 is 17.2. The van der Waals surface area contributed by atoms with Gasteiger partial charge in [0.2, 0.25) is 0 Å². The van der Waals surface area contributed by atoms with Crippen LogP contribution in [0.3, 0.4) is 0 Å². The number of benzene rings is 1. The third kappa shape index (κ3) is 3.23. The molecule has 4 nitrogen and oxygen atoms in total. The van der Waals surface area contributed by atoms with Gasteiger partial charge in [0.05, 0.1) is 31.8 Å². The Balaban J connectivity index is 1.47. The van der Waals surface area contributed by atoms with E-state index in [1.165, 1.54) is 0 Å². The predicted molar refractivity (Wildman–Crippen MR) is 86.6 cm³/mol. The van der Waals surface area contributed by atoms with E-state index in [1.54, 1.807) is 0 Å². The minimum atomic E-state index is 0.222. The summed E-state index contributed by atoms with van der Waals surface area (Å²) >= 11 is 0. The van der Waals surface area contributed by atoms with Gasteiger partial charge in [-0.2, -0.15) is 0 Å². The van der Waals surface area contributed by atoms with Gasteiger partial charge in [-0.1, -0.05) is 13.8 Å².